The summed E-state index contributed by atoms with van der Waals surface area (Å²) < 4.78 is 0. The van der Waals surface area contributed by atoms with Gasteiger partial charge in [0.15, 0.2) is 0 Å². The first-order chi connectivity index (χ1) is 7.36. The summed E-state index contributed by atoms with van der Waals surface area (Å²) in [6.45, 7) is 2.29. The standard InChI is InChI=1S/C9H10N6/c1-3-4-2-5-7(6(3)4)10-11-8(5)9-12-14-15-13-9/h3-4,6H,2H2,1H3,(H,10,11)(H,12,13,14,15). The number of aromatic amines is 2. The van der Waals surface area contributed by atoms with E-state index in [9.17, 15) is 0 Å². The van der Waals surface area contributed by atoms with Crippen molar-refractivity contribution in [1.29, 1.82) is 0 Å². The van der Waals surface area contributed by atoms with Gasteiger partial charge in [-0.2, -0.15) is 10.3 Å². The highest BCUT2D eigenvalue weighted by Crippen LogP contribution is 2.61. The first-order valence-electron chi connectivity index (χ1n) is 5.17. The highest BCUT2D eigenvalue weighted by atomic mass is 15.5. The topological polar surface area (TPSA) is 83.1 Å². The zero-order valence-electron chi connectivity index (χ0n) is 8.23. The molecule has 3 atom stereocenters. The van der Waals surface area contributed by atoms with Crippen molar-refractivity contribution in [1.82, 2.24) is 30.8 Å². The van der Waals surface area contributed by atoms with Crippen LogP contribution in [-0.2, 0) is 6.42 Å². The van der Waals surface area contributed by atoms with Gasteiger partial charge in [-0.1, -0.05) is 6.92 Å². The first kappa shape index (κ1) is 7.56. The number of nitrogens with one attached hydrogen (secondary N) is 2. The lowest BCUT2D eigenvalue weighted by Crippen LogP contribution is -1.91. The Hall–Kier alpha value is -1.72. The average Bonchev–Trinajstić information content (AvgIpc) is 2.76. The van der Waals surface area contributed by atoms with Gasteiger partial charge in [0.1, 0.15) is 5.69 Å². The maximum absolute atomic E-state index is 4.38. The van der Waals surface area contributed by atoms with E-state index < -0.39 is 0 Å². The normalized spacial score (nSPS) is 31.4. The molecule has 3 unspecified atom stereocenters. The molecular weight excluding hydrogens is 192 g/mol. The Morgan fingerprint density at radius 2 is 2.27 bits per heavy atom. The minimum absolute atomic E-state index is 0.623. The highest BCUT2D eigenvalue weighted by molar-refractivity contribution is 5.59. The molecule has 2 aliphatic rings. The molecule has 2 N–H and O–H groups in total. The minimum atomic E-state index is 0.623. The lowest BCUT2D eigenvalue weighted by Gasteiger charge is -1.97. The lowest BCUT2D eigenvalue weighted by atomic mass is 10.1. The van der Waals surface area contributed by atoms with Crippen LogP contribution in [0.5, 0.6) is 0 Å². The Bertz CT molecular complexity index is 513. The molecule has 0 aliphatic heterocycles. The second kappa shape index (κ2) is 2.26. The summed E-state index contributed by atoms with van der Waals surface area (Å²) in [5.74, 6) is 2.91. The molecule has 2 heterocycles. The minimum Gasteiger partial charge on any atom is -0.274 e. The summed E-state index contributed by atoms with van der Waals surface area (Å²) in [5, 5.41) is 21.4. The van der Waals surface area contributed by atoms with Crippen LogP contribution >= 0.6 is 0 Å². The van der Waals surface area contributed by atoms with Gasteiger partial charge < -0.3 is 0 Å². The van der Waals surface area contributed by atoms with Crippen LogP contribution in [0.2, 0.25) is 0 Å². The van der Waals surface area contributed by atoms with E-state index in [1.807, 2.05) is 0 Å². The quantitative estimate of drug-likeness (QED) is 0.705. The molecule has 0 spiro atoms. The molecule has 6 nitrogen and oxygen atoms in total. The van der Waals surface area contributed by atoms with Gasteiger partial charge in [0.2, 0.25) is 5.82 Å². The number of hydrogen-bond acceptors (Lipinski definition) is 4. The fraction of sp³-hybridized carbons (Fsp3) is 0.556. The van der Waals surface area contributed by atoms with Gasteiger partial charge in [0.25, 0.3) is 0 Å². The van der Waals surface area contributed by atoms with Crippen LogP contribution < -0.4 is 0 Å². The molecule has 2 aliphatic carbocycles. The van der Waals surface area contributed by atoms with Crippen LogP contribution in [-0.4, -0.2) is 30.8 Å². The highest BCUT2D eigenvalue weighted by Gasteiger charge is 2.55. The Morgan fingerprint density at radius 1 is 1.33 bits per heavy atom. The van der Waals surface area contributed by atoms with Gasteiger partial charge >= 0.3 is 0 Å². The van der Waals surface area contributed by atoms with Gasteiger partial charge in [-0.15, -0.1) is 10.2 Å². The molecule has 0 saturated heterocycles. The molecule has 76 valence electrons. The largest absolute Gasteiger partial charge is 0.274 e. The van der Waals surface area contributed by atoms with E-state index in [1.54, 1.807) is 0 Å². The Kier molecular flexibility index (Phi) is 1.14. The van der Waals surface area contributed by atoms with E-state index in [-0.39, 0.29) is 0 Å². The van der Waals surface area contributed by atoms with Crippen LogP contribution in [0.4, 0.5) is 0 Å². The second-order valence-electron chi connectivity index (χ2n) is 4.45. The zero-order chi connectivity index (χ0) is 9.99. The van der Waals surface area contributed by atoms with E-state index in [0.717, 1.165) is 24.0 Å². The van der Waals surface area contributed by atoms with Crippen molar-refractivity contribution in [2.24, 2.45) is 11.8 Å². The predicted molar refractivity (Wildman–Crippen MR) is 50.9 cm³/mol. The molecular formula is C9H10N6. The van der Waals surface area contributed by atoms with E-state index in [0.29, 0.717) is 11.7 Å². The van der Waals surface area contributed by atoms with Gasteiger partial charge in [-0.05, 0) is 23.5 Å². The molecule has 0 aromatic carbocycles. The lowest BCUT2D eigenvalue weighted by molar-refractivity contribution is 0.753. The summed E-state index contributed by atoms with van der Waals surface area (Å²) in [4.78, 5) is 0. The SMILES string of the molecule is CC1C2Cc3c(n[nH]c3-c3nn[nH]n3)C12. The molecule has 1 saturated carbocycles. The fourth-order valence-corrected chi connectivity index (χ4v) is 2.86. The van der Waals surface area contributed by atoms with Crippen molar-refractivity contribution in [2.75, 3.05) is 0 Å². The summed E-state index contributed by atoms with van der Waals surface area (Å²) in [6, 6.07) is 0. The van der Waals surface area contributed by atoms with Crippen LogP contribution in [0.25, 0.3) is 11.5 Å². The molecule has 6 heteroatoms. The average molecular weight is 202 g/mol. The summed E-state index contributed by atoms with van der Waals surface area (Å²) in [7, 11) is 0. The number of nitrogens with zero attached hydrogens (tertiary/aromatic N) is 4. The smallest absolute Gasteiger partial charge is 0.222 e. The van der Waals surface area contributed by atoms with Gasteiger partial charge in [-0.25, -0.2) is 0 Å². The number of hydrogen-bond donors (Lipinski definition) is 2. The Balaban J connectivity index is 1.85. The van der Waals surface area contributed by atoms with Crippen LogP contribution in [0.15, 0.2) is 0 Å². The predicted octanol–water partition coefficient (Wildman–Crippen LogP) is 0.495. The second-order valence-corrected chi connectivity index (χ2v) is 4.45. The van der Waals surface area contributed by atoms with E-state index in [4.69, 9.17) is 0 Å². The van der Waals surface area contributed by atoms with E-state index in [2.05, 4.69) is 37.7 Å². The van der Waals surface area contributed by atoms with E-state index in [1.165, 1.54) is 11.3 Å². The number of aromatic nitrogens is 6. The Labute approximate surface area is 85.5 Å². The number of H-pyrrole nitrogens is 2. The van der Waals surface area contributed by atoms with Crippen LogP contribution in [0, 0.1) is 11.8 Å². The fourth-order valence-electron chi connectivity index (χ4n) is 2.86. The summed E-state index contributed by atoms with van der Waals surface area (Å²) in [5.41, 5.74) is 3.47. The molecule has 2 aromatic rings. The third-order valence-corrected chi connectivity index (χ3v) is 3.79. The van der Waals surface area contributed by atoms with E-state index >= 15 is 0 Å². The summed E-state index contributed by atoms with van der Waals surface area (Å²) >= 11 is 0. The van der Waals surface area contributed by atoms with Crippen molar-refractivity contribution in [3.63, 3.8) is 0 Å². The van der Waals surface area contributed by atoms with Gasteiger partial charge in [0.05, 0.1) is 5.69 Å². The van der Waals surface area contributed by atoms with Crippen molar-refractivity contribution in [3.05, 3.63) is 11.3 Å². The Morgan fingerprint density at radius 3 is 3.07 bits per heavy atom. The monoisotopic (exact) mass is 202 g/mol. The summed E-state index contributed by atoms with van der Waals surface area (Å²) in [6.07, 6.45) is 1.11. The third-order valence-electron chi connectivity index (χ3n) is 3.79. The molecule has 0 amide bonds. The first-order valence-corrected chi connectivity index (χ1v) is 5.17. The van der Waals surface area contributed by atoms with Crippen molar-refractivity contribution in [3.8, 4) is 11.5 Å². The molecule has 15 heavy (non-hydrogen) atoms. The van der Waals surface area contributed by atoms with Gasteiger partial charge in [-0.3, -0.25) is 5.10 Å². The molecule has 2 aromatic heterocycles. The van der Waals surface area contributed by atoms with Crippen molar-refractivity contribution in [2.45, 2.75) is 19.3 Å². The number of rotatable bonds is 1. The molecule has 0 radical (unpaired) electrons. The molecule has 4 rings (SSSR count). The molecule has 0 bridgehead atoms. The van der Waals surface area contributed by atoms with Crippen molar-refractivity contribution >= 4 is 0 Å². The van der Waals surface area contributed by atoms with Crippen molar-refractivity contribution < 1.29 is 0 Å². The number of fused-ring (bicyclic) bond motifs is 3. The maximum Gasteiger partial charge on any atom is 0.222 e. The third kappa shape index (κ3) is 0.800. The number of tetrazole rings is 1. The molecule has 1 fully saturated rings. The van der Waals surface area contributed by atoms with Gasteiger partial charge in [0, 0.05) is 11.5 Å². The zero-order valence-corrected chi connectivity index (χ0v) is 8.23. The van der Waals surface area contributed by atoms with Crippen LogP contribution in [0.3, 0.4) is 0 Å². The maximum atomic E-state index is 4.38. The van der Waals surface area contributed by atoms with Crippen LogP contribution in [0.1, 0.15) is 24.1 Å².